The molecule has 0 spiro atoms. The van der Waals surface area contributed by atoms with Gasteiger partial charge >= 0.3 is 0 Å². The second-order valence-electron chi connectivity index (χ2n) is 5.68. The number of nitrogens with one attached hydrogen (secondary N) is 2. The van der Waals surface area contributed by atoms with Gasteiger partial charge in [0.15, 0.2) is 0 Å². The smallest absolute Gasteiger partial charge is 0.251 e. The Labute approximate surface area is 93.2 Å². The molecule has 3 heteroatoms. The summed E-state index contributed by atoms with van der Waals surface area (Å²) < 4.78 is 0. The predicted octanol–water partition coefficient (Wildman–Crippen LogP) is 0.426. The fourth-order valence-corrected chi connectivity index (χ4v) is 4.32. The van der Waals surface area contributed by atoms with E-state index >= 15 is 0 Å². The minimum absolute atomic E-state index is 0.110. The Morgan fingerprint density at radius 2 is 1.88 bits per heavy atom. The summed E-state index contributed by atoms with van der Waals surface area (Å²) >= 11 is 0. The van der Waals surface area contributed by atoms with Gasteiger partial charge in [-0.2, -0.15) is 0 Å². The van der Waals surface area contributed by atoms with E-state index in [0.717, 1.165) is 25.2 Å². The highest BCUT2D eigenvalue weighted by molar-refractivity contribution is 5.99. The lowest BCUT2D eigenvalue weighted by Gasteiger charge is -2.33. The van der Waals surface area contributed by atoms with Gasteiger partial charge in [0, 0.05) is 36.0 Å². The van der Waals surface area contributed by atoms with E-state index in [0.29, 0.717) is 10.8 Å². The Kier molecular flexibility index (Phi) is 0.946. The number of hydrogen-bond donors (Lipinski definition) is 2. The summed E-state index contributed by atoms with van der Waals surface area (Å²) in [7, 11) is 0. The SMILES string of the molecule is O=C1NCc2cc3c(cc21)C12CNCC31C2. The zero-order chi connectivity index (χ0) is 10.5. The van der Waals surface area contributed by atoms with Crippen molar-refractivity contribution in [3.05, 3.63) is 34.4 Å². The van der Waals surface area contributed by atoms with E-state index < -0.39 is 0 Å². The van der Waals surface area contributed by atoms with Crippen molar-refractivity contribution >= 4 is 5.91 Å². The molecular formula is C13H12N2O. The zero-order valence-electron chi connectivity index (χ0n) is 8.89. The minimum atomic E-state index is 0.110. The lowest BCUT2D eigenvalue weighted by atomic mass is 9.69. The van der Waals surface area contributed by atoms with Crippen LogP contribution in [0.5, 0.6) is 0 Å². The molecule has 2 N–H and O–H groups in total. The average molecular weight is 212 g/mol. The van der Waals surface area contributed by atoms with E-state index in [1.807, 2.05) is 0 Å². The molecule has 4 aliphatic rings. The number of carbonyl (C=O) groups is 1. The Bertz CT molecular complexity index is 580. The average Bonchev–Trinajstić information content (AvgIpc) is 2.59. The number of rotatable bonds is 0. The Hall–Kier alpha value is -1.35. The third-order valence-corrected chi connectivity index (χ3v) is 5.21. The highest BCUT2D eigenvalue weighted by atomic mass is 16.1. The van der Waals surface area contributed by atoms with Crippen LogP contribution in [-0.2, 0) is 17.4 Å². The molecule has 5 rings (SSSR count). The van der Waals surface area contributed by atoms with Crippen LogP contribution in [-0.4, -0.2) is 19.0 Å². The molecule has 3 nitrogen and oxygen atoms in total. The summed E-state index contributed by atoms with van der Waals surface area (Å²) in [6.07, 6.45) is 1.31. The summed E-state index contributed by atoms with van der Waals surface area (Å²) in [5.74, 6) is 0.110. The van der Waals surface area contributed by atoms with Gasteiger partial charge in [-0.3, -0.25) is 4.79 Å². The second kappa shape index (κ2) is 1.93. The van der Waals surface area contributed by atoms with Gasteiger partial charge in [-0.05, 0) is 29.2 Å². The van der Waals surface area contributed by atoms with Crippen LogP contribution in [0.2, 0.25) is 0 Å². The monoisotopic (exact) mass is 212 g/mol. The molecule has 1 aromatic carbocycles. The van der Waals surface area contributed by atoms with Crippen molar-refractivity contribution < 1.29 is 4.79 Å². The maximum absolute atomic E-state index is 11.6. The number of carbonyl (C=O) groups excluding carboxylic acids is 1. The fraction of sp³-hybridized carbons (Fsp3) is 0.462. The van der Waals surface area contributed by atoms with Crippen molar-refractivity contribution in [3.8, 4) is 0 Å². The standard InChI is InChI=1S/C13H12N2O/c16-11-8-2-10-9(1-7(8)3-15-11)12-4-13(10,12)6-14-5-12/h1-2,14H,3-6H2,(H,15,16). The summed E-state index contributed by atoms with van der Waals surface area (Å²) in [6, 6.07) is 4.44. The van der Waals surface area contributed by atoms with E-state index in [4.69, 9.17) is 0 Å². The van der Waals surface area contributed by atoms with Crippen LogP contribution in [0, 0.1) is 0 Å². The van der Waals surface area contributed by atoms with Crippen molar-refractivity contribution in [2.75, 3.05) is 13.1 Å². The molecule has 1 saturated heterocycles. The van der Waals surface area contributed by atoms with E-state index in [9.17, 15) is 4.79 Å². The Morgan fingerprint density at radius 1 is 1.12 bits per heavy atom. The number of piperidine rings is 1. The van der Waals surface area contributed by atoms with E-state index in [-0.39, 0.29) is 5.91 Å². The number of benzene rings is 1. The molecule has 2 aliphatic heterocycles. The third-order valence-electron chi connectivity index (χ3n) is 5.21. The molecule has 2 aliphatic carbocycles. The topological polar surface area (TPSA) is 41.1 Å². The first-order valence-corrected chi connectivity index (χ1v) is 5.94. The van der Waals surface area contributed by atoms with Gasteiger partial charge in [0.1, 0.15) is 0 Å². The van der Waals surface area contributed by atoms with Crippen LogP contribution in [0.3, 0.4) is 0 Å². The van der Waals surface area contributed by atoms with Crippen LogP contribution in [0.25, 0.3) is 0 Å². The van der Waals surface area contributed by atoms with Gasteiger partial charge in [0.25, 0.3) is 5.91 Å². The lowest BCUT2D eigenvalue weighted by molar-refractivity contribution is 0.0965. The van der Waals surface area contributed by atoms with Crippen molar-refractivity contribution in [3.63, 3.8) is 0 Å². The van der Waals surface area contributed by atoms with Gasteiger partial charge < -0.3 is 10.6 Å². The number of amides is 1. The molecule has 2 unspecified atom stereocenters. The number of fused-ring (bicyclic) bond motifs is 2. The van der Waals surface area contributed by atoms with Crippen molar-refractivity contribution in [1.29, 1.82) is 0 Å². The van der Waals surface area contributed by atoms with Gasteiger partial charge in [0.2, 0.25) is 0 Å². The number of hydrogen-bond acceptors (Lipinski definition) is 2. The quantitative estimate of drug-likeness (QED) is 0.654. The lowest BCUT2D eigenvalue weighted by Crippen LogP contribution is -2.33. The molecule has 80 valence electrons. The molecule has 0 bridgehead atoms. The summed E-state index contributed by atoms with van der Waals surface area (Å²) in [4.78, 5) is 11.6. The molecular weight excluding hydrogens is 200 g/mol. The first kappa shape index (κ1) is 7.85. The summed E-state index contributed by atoms with van der Waals surface area (Å²) in [5.41, 5.74) is 5.97. The predicted molar refractivity (Wildman–Crippen MR) is 58.5 cm³/mol. The molecule has 16 heavy (non-hydrogen) atoms. The normalized spacial score (nSPS) is 40.4. The molecule has 0 radical (unpaired) electrons. The van der Waals surface area contributed by atoms with Gasteiger partial charge in [0.05, 0.1) is 0 Å². The van der Waals surface area contributed by atoms with Crippen LogP contribution in [0.1, 0.15) is 33.5 Å². The van der Waals surface area contributed by atoms with Gasteiger partial charge in [-0.1, -0.05) is 6.07 Å². The van der Waals surface area contributed by atoms with E-state index in [1.54, 1.807) is 0 Å². The summed E-state index contributed by atoms with van der Waals surface area (Å²) in [5, 5.41) is 6.40. The maximum Gasteiger partial charge on any atom is 0.251 e. The molecule has 2 heterocycles. The molecule has 0 aromatic heterocycles. The minimum Gasteiger partial charge on any atom is -0.348 e. The highest BCUT2D eigenvalue weighted by Gasteiger charge is 2.79. The van der Waals surface area contributed by atoms with Crippen LogP contribution in [0.4, 0.5) is 0 Å². The first-order chi connectivity index (χ1) is 7.77. The second-order valence-corrected chi connectivity index (χ2v) is 5.68. The third kappa shape index (κ3) is 0.535. The van der Waals surface area contributed by atoms with Crippen molar-refractivity contribution in [2.45, 2.75) is 23.8 Å². The Morgan fingerprint density at radius 3 is 2.69 bits per heavy atom. The highest BCUT2D eigenvalue weighted by Crippen LogP contribution is 2.76. The van der Waals surface area contributed by atoms with Crippen molar-refractivity contribution in [1.82, 2.24) is 10.6 Å². The molecule has 1 aromatic rings. The molecule has 2 atom stereocenters. The van der Waals surface area contributed by atoms with E-state index in [1.165, 1.54) is 23.1 Å². The van der Waals surface area contributed by atoms with Gasteiger partial charge in [-0.25, -0.2) is 0 Å². The van der Waals surface area contributed by atoms with Crippen LogP contribution < -0.4 is 10.6 Å². The largest absolute Gasteiger partial charge is 0.348 e. The van der Waals surface area contributed by atoms with Gasteiger partial charge in [-0.15, -0.1) is 0 Å². The molecule has 2 fully saturated rings. The Balaban J connectivity index is 1.80. The molecule has 1 amide bonds. The van der Waals surface area contributed by atoms with Crippen LogP contribution >= 0.6 is 0 Å². The van der Waals surface area contributed by atoms with Crippen molar-refractivity contribution in [2.24, 2.45) is 0 Å². The molecule has 1 saturated carbocycles. The maximum atomic E-state index is 11.6. The van der Waals surface area contributed by atoms with E-state index in [2.05, 4.69) is 22.8 Å². The first-order valence-electron chi connectivity index (χ1n) is 5.94. The van der Waals surface area contributed by atoms with Crippen LogP contribution in [0.15, 0.2) is 12.1 Å². The zero-order valence-corrected chi connectivity index (χ0v) is 8.89. The summed E-state index contributed by atoms with van der Waals surface area (Å²) in [6.45, 7) is 2.97. The fourth-order valence-electron chi connectivity index (χ4n) is 4.32.